The minimum Gasteiger partial charge on any atom is -0.355 e. The van der Waals surface area contributed by atoms with Crippen LogP contribution in [0.25, 0.3) is 0 Å². The minimum absolute atomic E-state index is 0.0165. The maximum atomic E-state index is 12.7. The van der Waals surface area contributed by atoms with Crippen molar-refractivity contribution >= 4 is 21.6 Å². The van der Waals surface area contributed by atoms with Crippen molar-refractivity contribution in [2.24, 2.45) is 0 Å². The largest absolute Gasteiger partial charge is 0.417 e. The average molecular weight is 433 g/mol. The summed E-state index contributed by atoms with van der Waals surface area (Å²) in [6.07, 6.45) is 0.255. The van der Waals surface area contributed by atoms with Gasteiger partial charge in [-0.05, 0) is 31.4 Å². The molecule has 1 saturated carbocycles. The van der Waals surface area contributed by atoms with Gasteiger partial charge in [-0.2, -0.15) is 13.2 Å². The van der Waals surface area contributed by atoms with Crippen LogP contribution in [0.5, 0.6) is 0 Å². The molecule has 0 bridgehead atoms. The molecular weight excluding hydrogens is 407 g/mol. The molecule has 1 amide bonds. The highest BCUT2D eigenvalue weighted by molar-refractivity contribution is 7.92. The number of anilines is 1. The summed E-state index contributed by atoms with van der Waals surface area (Å²) >= 11 is 0. The predicted octanol–water partition coefficient (Wildman–Crippen LogP) is 2.89. The van der Waals surface area contributed by atoms with Crippen LogP contribution < -0.4 is 4.90 Å². The van der Waals surface area contributed by atoms with Crippen LogP contribution in [-0.4, -0.2) is 61.4 Å². The molecular formula is C19H26F3N3O3S. The van der Waals surface area contributed by atoms with Gasteiger partial charge >= 0.3 is 6.18 Å². The van der Waals surface area contributed by atoms with E-state index in [9.17, 15) is 26.4 Å². The average Bonchev–Trinajstić information content (AvgIpc) is 3.12. The normalized spacial score (nSPS) is 19.4. The van der Waals surface area contributed by atoms with Crippen molar-refractivity contribution in [2.45, 2.75) is 50.0 Å². The number of carbonyl (C=O) groups excluding carboxylic acids is 1. The van der Waals surface area contributed by atoms with Crippen molar-refractivity contribution in [1.82, 2.24) is 9.88 Å². The highest BCUT2D eigenvalue weighted by atomic mass is 32.2. The van der Waals surface area contributed by atoms with Gasteiger partial charge in [-0.15, -0.1) is 0 Å². The number of hydrogen-bond acceptors (Lipinski definition) is 5. The fourth-order valence-corrected chi connectivity index (χ4v) is 5.78. The lowest BCUT2D eigenvalue weighted by Gasteiger charge is -2.23. The Morgan fingerprint density at radius 3 is 2.41 bits per heavy atom. The van der Waals surface area contributed by atoms with Gasteiger partial charge < -0.3 is 9.80 Å². The van der Waals surface area contributed by atoms with E-state index in [0.29, 0.717) is 51.3 Å². The van der Waals surface area contributed by atoms with Gasteiger partial charge in [0.05, 0.1) is 16.6 Å². The van der Waals surface area contributed by atoms with E-state index < -0.39 is 21.6 Å². The van der Waals surface area contributed by atoms with Crippen LogP contribution in [0.1, 0.15) is 44.1 Å². The third-order valence-corrected chi connectivity index (χ3v) is 7.92. The first-order valence-electron chi connectivity index (χ1n) is 9.94. The number of carbonyl (C=O) groups is 1. The van der Waals surface area contributed by atoms with E-state index in [2.05, 4.69) is 4.98 Å². The monoisotopic (exact) mass is 433 g/mol. The fourth-order valence-electron chi connectivity index (χ4n) is 3.94. The van der Waals surface area contributed by atoms with E-state index in [1.807, 2.05) is 4.90 Å². The zero-order chi connectivity index (χ0) is 21.1. The summed E-state index contributed by atoms with van der Waals surface area (Å²) < 4.78 is 62.8. The summed E-state index contributed by atoms with van der Waals surface area (Å²) in [7, 11) is -3.23. The summed E-state index contributed by atoms with van der Waals surface area (Å²) in [5, 5.41) is -0.305. The van der Waals surface area contributed by atoms with Crippen LogP contribution in [0.2, 0.25) is 0 Å². The maximum absolute atomic E-state index is 12.7. The number of rotatable bonds is 5. The van der Waals surface area contributed by atoms with Crippen molar-refractivity contribution in [3.63, 3.8) is 0 Å². The summed E-state index contributed by atoms with van der Waals surface area (Å²) in [6, 6.07) is 2.35. The zero-order valence-electron chi connectivity index (χ0n) is 16.2. The summed E-state index contributed by atoms with van der Waals surface area (Å²) in [6.45, 7) is 1.91. The van der Waals surface area contributed by atoms with Crippen molar-refractivity contribution in [3.8, 4) is 0 Å². The van der Waals surface area contributed by atoms with E-state index in [0.717, 1.165) is 25.1 Å². The molecule has 2 aliphatic rings. The third-order valence-electron chi connectivity index (χ3n) is 5.66. The molecule has 0 aromatic carbocycles. The van der Waals surface area contributed by atoms with Crippen LogP contribution in [0.3, 0.4) is 0 Å². The van der Waals surface area contributed by atoms with Crippen LogP contribution in [0.4, 0.5) is 19.0 Å². The van der Waals surface area contributed by atoms with E-state index in [-0.39, 0.29) is 23.3 Å². The highest BCUT2D eigenvalue weighted by Gasteiger charge is 2.32. The molecule has 1 aromatic heterocycles. The number of sulfone groups is 1. The molecule has 1 saturated heterocycles. The molecule has 1 aliphatic heterocycles. The van der Waals surface area contributed by atoms with E-state index in [1.165, 1.54) is 6.07 Å². The Kier molecular flexibility index (Phi) is 6.70. The van der Waals surface area contributed by atoms with Crippen molar-refractivity contribution in [3.05, 3.63) is 23.9 Å². The van der Waals surface area contributed by atoms with Crippen LogP contribution in [-0.2, 0) is 20.8 Å². The van der Waals surface area contributed by atoms with E-state index >= 15 is 0 Å². The summed E-state index contributed by atoms with van der Waals surface area (Å²) in [5.41, 5.74) is -0.795. The molecule has 0 unspecified atom stereocenters. The Morgan fingerprint density at radius 2 is 1.79 bits per heavy atom. The first-order chi connectivity index (χ1) is 13.7. The molecule has 3 rings (SSSR count). The predicted molar refractivity (Wildman–Crippen MR) is 103 cm³/mol. The lowest BCUT2D eigenvalue weighted by molar-refractivity contribution is -0.137. The Morgan fingerprint density at radius 1 is 1.07 bits per heavy atom. The molecule has 29 heavy (non-hydrogen) atoms. The number of halogens is 3. The lowest BCUT2D eigenvalue weighted by atomic mass is 10.2. The Balaban J connectivity index is 1.53. The zero-order valence-corrected chi connectivity index (χ0v) is 17.0. The molecule has 162 valence electrons. The van der Waals surface area contributed by atoms with E-state index in [4.69, 9.17) is 0 Å². The van der Waals surface area contributed by atoms with Crippen LogP contribution >= 0.6 is 0 Å². The number of nitrogens with zero attached hydrogens (tertiary/aromatic N) is 3. The second-order valence-corrected chi connectivity index (χ2v) is 10.0. The number of aromatic nitrogens is 1. The fraction of sp³-hybridized carbons (Fsp3) is 0.684. The second kappa shape index (κ2) is 8.89. The lowest BCUT2D eigenvalue weighted by Crippen LogP contribution is -2.36. The third kappa shape index (κ3) is 5.61. The number of amides is 1. The minimum atomic E-state index is -4.42. The molecule has 6 nitrogen and oxygen atoms in total. The molecule has 0 spiro atoms. The second-order valence-electron chi connectivity index (χ2n) is 7.65. The van der Waals surface area contributed by atoms with Crippen molar-refractivity contribution in [2.75, 3.05) is 36.8 Å². The van der Waals surface area contributed by atoms with Crippen LogP contribution in [0, 0.1) is 0 Å². The summed E-state index contributed by atoms with van der Waals surface area (Å²) in [4.78, 5) is 19.9. The molecule has 1 aliphatic carbocycles. The standard InChI is InChI=1S/C19H26F3N3O3S/c20-19(21,22)15-6-7-17(23-14-15)24-9-3-10-25(12-11-24)18(26)8-13-29(27,28)16-4-1-2-5-16/h6-7,14,16H,1-5,8-13H2. The molecule has 2 heterocycles. The smallest absolute Gasteiger partial charge is 0.355 e. The Hall–Kier alpha value is -1.84. The van der Waals surface area contributed by atoms with Gasteiger partial charge in [-0.25, -0.2) is 13.4 Å². The maximum Gasteiger partial charge on any atom is 0.417 e. The SMILES string of the molecule is O=C(CCS(=O)(=O)C1CCCC1)N1CCCN(c2ccc(C(F)(F)F)cn2)CC1. The van der Waals surface area contributed by atoms with Crippen molar-refractivity contribution in [1.29, 1.82) is 0 Å². The number of alkyl halides is 3. The number of pyridine rings is 1. The topological polar surface area (TPSA) is 70.6 Å². The molecule has 0 N–H and O–H groups in total. The van der Waals surface area contributed by atoms with E-state index in [1.54, 1.807) is 4.90 Å². The van der Waals surface area contributed by atoms with Gasteiger partial charge in [-0.3, -0.25) is 4.79 Å². The molecule has 0 radical (unpaired) electrons. The Bertz CT molecular complexity index is 806. The first-order valence-corrected chi connectivity index (χ1v) is 11.7. The summed E-state index contributed by atoms with van der Waals surface area (Å²) in [5.74, 6) is 0.141. The van der Waals surface area contributed by atoms with Crippen molar-refractivity contribution < 1.29 is 26.4 Å². The van der Waals surface area contributed by atoms with Gasteiger partial charge in [0.1, 0.15) is 5.82 Å². The highest BCUT2D eigenvalue weighted by Crippen LogP contribution is 2.29. The molecule has 10 heteroatoms. The van der Waals surface area contributed by atoms with Gasteiger partial charge in [0, 0.05) is 38.8 Å². The number of hydrogen-bond donors (Lipinski definition) is 0. The quantitative estimate of drug-likeness (QED) is 0.714. The van der Waals surface area contributed by atoms with Gasteiger partial charge in [0.15, 0.2) is 9.84 Å². The molecule has 0 atom stereocenters. The van der Waals surface area contributed by atoms with Gasteiger partial charge in [-0.1, -0.05) is 12.8 Å². The molecule has 1 aromatic rings. The van der Waals surface area contributed by atoms with Gasteiger partial charge in [0.25, 0.3) is 0 Å². The first kappa shape index (κ1) is 21.9. The Labute approximate surface area is 169 Å². The van der Waals surface area contributed by atoms with Crippen LogP contribution in [0.15, 0.2) is 18.3 Å². The van der Waals surface area contributed by atoms with Gasteiger partial charge in [0.2, 0.25) is 5.91 Å². The molecule has 2 fully saturated rings.